The average molecular weight is 478 g/mol. The Bertz CT molecular complexity index is 840. The molecule has 2 aliphatic rings. The third-order valence-corrected chi connectivity index (χ3v) is 9.45. The van der Waals surface area contributed by atoms with E-state index in [2.05, 4.69) is 0 Å². The lowest BCUT2D eigenvalue weighted by atomic mass is 9.93. The second kappa shape index (κ2) is 5.82. The number of fused-ring (bicyclic) bond motifs is 5. The number of hydrogen-bond donors (Lipinski definition) is 2. The van der Waals surface area contributed by atoms with E-state index < -0.39 is 36.6 Å². The summed E-state index contributed by atoms with van der Waals surface area (Å²) in [5, 5.41) is 19.3. The van der Waals surface area contributed by atoms with E-state index in [1.807, 2.05) is 30.3 Å². The smallest absolute Gasteiger partial charge is 0.234 e. The Kier molecular flexibility index (Phi) is 4.25. The van der Waals surface area contributed by atoms with Crippen molar-refractivity contribution in [3.8, 4) is 11.8 Å². The summed E-state index contributed by atoms with van der Waals surface area (Å²) in [5.74, 6) is -0.961. The summed E-state index contributed by atoms with van der Waals surface area (Å²) in [5.41, 5.74) is 0.849. The molecule has 140 valence electrons. The van der Waals surface area contributed by atoms with Gasteiger partial charge in [-0.15, -0.1) is 51.1 Å². The van der Waals surface area contributed by atoms with Crippen molar-refractivity contribution in [1.82, 2.24) is 4.73 Å². The van der Waals surface area contributed by atoms with Crippen LogP contribution in [-0.2, 0) is 16.4 Å². The van der Waals surface area contributed by atoms with E-state index in [1.54, 1.807) is 0 Å². The minimum Gasteiger partial charge on any atom is -0.492 e. The van der Waals surface area contributed by atoms with Gasteiger partial charge in [0, 0.05) is 0 Å². The first-order valence-corrected chi connectivity index (χ1v) is 9.87. The van der Waals surface area contributed by atoms with Crippen LogP contribution in [0.4, 0.5) is 0 Å². The van der Waals surface area contributed by atoms with E-state index in [1.165, 1.54) is 0 Å². The predicted octanol–water partition coefficient (Wildman–Crippen LogP) is 4.81. The van der Waals surface area contributed by atoms with E-state index in [-0.39, 0.29) is 17.7 Å². The monoisotopic (exact) mass is 475 g/mol. The first-order valence-electron chi connectivity index (χ1n) is 7.48. The van der Waals surface area contributed by atoms with Crippen molar-refractivity contribution >= 4 is 69.6 Å². The van der Waals surface area contributed by atoms with Crippen LogP contribution in [0, 0.1) is 0 Å². The SMILES string of the molecule is Oc1c2c(c(O)n1OCc1ccccc1)C1(Cl)C(Cl)C(Cl)C2(Cl)C1(Cl)Cl. The molecule has 1 aromatic carbocycles. The van der Waals surface area contributed by atoms with Crippen LogP contribution in [0.1, 0.15) is 16.7 Å². The quantitative estimate of drug-likeness (QED) is 0.624. The molecule has 4 atom stereocenters. The summed E-state index contributed by atoms with van der Waals surface area (Å²) in [7, 11) is 0. The van der Waals surface area contributed by atoms with Gasteiger partial charge in [0.1, 0.15) is 16.4 Å². The first kappa shape index (κ1) is 19.0. The lowest BCUT2D eigenvalue weighted by Crippen LogP contribution is -2.40. The van der Waals surface area contributed by atoms with Gasteiger partial charge in [0.05, 0.1) is 21.9 Å². The molecule has 0 saturated heterocycles. The van der Waals surface area contributed by atoms with Gasteiger partial charge in [-0.3, -0.25) is 0 Å². The van der Waals surface area contributed by atoms with Crippen LogP contribution in [0.5, 0.6) is 11.8 Å². The number of nitrogens with zero attached hydrogens (tertiary/aromatic N) is 1. The Hall–Kier alpha value is -0.360. The molecule has 26 heavy (non-hydrogen) atoms. The fourth-order valence-electron chi connectivity index (χ4n) is 3.66. The highest BCUT2D eigenvalue weighted by molar-refractivity contribution is 6.62. The van der Waals surface area contributed by atoms with Gasteiger partial charge >= 0.3 is 0 Å². The summed E-state index contributed by atoms with van der Waals surface area (Å²) >= 11 is 38.9. The lowest BCUT2D eigenvalue weighted by molar-refractivity contribution is 0.0626. The molecule has 0 spiro atoms. The van der Waals surface area contributed by atoms with Gasteiger partial charge in [-0.05, 0) is 5.56 Å². The van der Waals surface area contributed by atoms with Crippen molar-refractivity contribution in [2.45, 2.75) is 31.4 Å². The van der Waals surface area contributed by atoms with Crippen LogP contribution in [0.2, 0.25) is 0 Å². The van der Waals surface area contributed by atoms with Crippen LogP contribution in [0.25, 0.3) is 0 Å². The predicted molar refractivity (Wildman–Crippen MR) is 103 cm³/mol. The molecule has 1 saturated carbocycles. The van der Waals surface area contributed by atoms with Crippen LogP contribution in [0.3, 0.4) is 0 Å². The second-order valence-corrected chi connectivity index (χ2v) is 9.71. The molecule has 4 rings (SSSR count). The molecule has 2 bridgehead atoms. The van der Waals surface area contributed by atoms with Crippen molar-refractivity contribution in [2.75, 3.05) is 0 Å². The van der Waals surface area contributed by atoms with Crippen molar-refractivity contribution in [3.05, 3.63) is 47.0 Å². The fraction of sp³-hybridized carbons (Fsp3) is 0.375. The molecule has 10 heteroatoms. The minimum absolute atomic E-state index is 0.0154. The topological polar surface area (TPSA) is 54.6 Å². The first-order chi connectivity index (χ1) is 12.1. The number of aromatic nitrogens is 1. The number of aromatic hydroxyl groups is 2. The van der Waals surface area contributed by atoms with Crippen LogP contribution >= 0.6 is 69.6 Å². The zero-order valence-corrected chi connectivity index (χ0v) is 17.3. The Morgan fingerprint density at radius 1 is 0.885 bits per heavy atom. The largest absolute Gasteiger partial charge is 0.492 e. The van der Waals surface area contributed by atoms with Gasteiger partial charge in [-0.25, -0.2) is 0 Å². The maximum atomic E-state index is 10.7. The Morgan fingerprint density at radius 2 is 1.35 bits per heavy atom. The molecule has 1 fully saturated rings. The zero-order valence-electron chi connectivity index (χ0n) is 12.8. The molecular weight excluding hydrogens is 467 g/mol. The van der Waals surface area contributed by atoms with Gasteiger partial charge in [-0.1, -0.05) is 53.5 Å². The zero-order chi connectivity index (χ0) is 19.1. The van der Waals surface area contributed by atoms with Crippen molar-refractivity contribution in [3.63, 3.8) is 0 Å². The molecule has 1 aromatic heterocycles. The van der Waals surface area contributed by atoms with Crippen LogP contribution in [-0.4, -0.2) is 30.0 Å². The normalized spacial score (nSPS) is 34.1. The lowest BCUT2D eigenvalue weighted by Gasteiger charge is -2.32. The molecule has 2 N–H and O–H groups in total. The summed E-state index contributed by atoms with van der Waals surface area (Å²) < 4.78 is -1.03. The van der Waals surface area contributed by atoms with Gasteiger partial charge in [0.25, 0.3) is 0 Å². The van der Waals surface area contributed by atoms with Crippen LogP contribution < -0.4 is 4.84 Å². The van der Waals surface area contributed by atoms with Crippen LogP contribution in [0.15, 0.2) is 30.3 Å². The Morgan fingerprint density at radius 3 is 1.81 bits per heavy atom. The Balaban J connectivity index is 1.83. The molecule has 2 aromatic rings. The van der Waals surface area contributed by atoms with E-state index in [9.17, 15) is 10.2 Å². The Labute approximate surface area is 179 Å². The van der Waals surface area contributed by atoms with Gasteiger partial charge in [0.2, 0.25) is 11.8 Å². The van der Waals surface area contributed by atoms with Crippen molar-refractivity contribution in [2.24, 2.45) is 0 Å². The maximum Gasteiger partial charge on any atom is 0.234 e. The second-order valence-electron chi connectivity index (χ2n) is 6.25. The minimum atomic E-state index is -1.86. The molecule has 0 aliphatic heterocycles. The summed E-state index contributed by atoms with van der Waals surface area (Å²) in [6, 6.07) is 9.18. The third kappa shape index (κ3) is 1.96. The summed E-state index contributed by atoms with van der Waals surface area (Å²) in [6.45, 7) is 0.0710. The fourth-order valence-corrected chi connectivity index (χ4v) is 6.74. The number of hydrogen-bond acceptors (Lipinski definition) is 3. The van der Waals surface area contributed by atoms with E-state index >= 15 is 0 Å². The molecule has 4 nitrogen and oxygen atoms in total. The van der Waals surface area contributed by atoms with Gasteiger partial charge in [-0.2, -0.15) is 0 Å². The molecule has 4 unspecified atom stereocenters. The summed E-state index contributed by atoms with van der Waals surface area (Å²) in [6.07, 6.45) is 0. The van der Waals surface area contributed by atoms with Gasteiger partial charge < -0.3 is 15.1 Å². The van der Waals surface area contributed by atoms with E-state index in [0.29, 0.717) is 0 Å². The van der Waals surface area contributed by atoms with Crippen molar-refractivity contribution in [1.29, 1.82) is 0 Å². The van der Waals surface area contributed by atoms with E-state index in [0.717, 1.165) is 10.3 Å². The number of halogens is 6. The third-order valence-electron chi connectivity index (χ3n) is 4.94. The van der Waals surface area contributed by atoms with Gasteiger partial charge in [0.15, 0.2) is 4.33 Å². The molecule has 0 amide bonds. The number of alkyl halides is 6. The molecular formula is C16H11Cl6NO3. The highest BCUT2D eigenvalue weighted by Gasteiger charge is 2.83. The average Bonchev–Trinajstić information content (AvgIpc) is 2.99. The molecule has 2 aliphatic carbocycles. The maximum absolute atomic E-state index is 10.7. The van der Waals surface area contributed by atoms with E-state index in [4.69, 9.17) is 74.4 Å². The summed E-state index contributed by atoms with van der Waals surface area (Å²) in [4.78, 5) is 2.09. The number of benzene rings is 1. The molecule has 0 radical (unpaired) electrons. The number of rotatable bonds is 3. The van der Waals surface area contributed by atoms with Crippen molar-refractivity contribution < 1.29 is 15.1 Å². The molecule has 1 heterocycles. The standard InChI is InChI=1S/C16H11Cl6NO3/c17-10-11(18)15(20)9-8(14(10,19)16(15,21)22)12(24)23(13(9)25)26-6-7-4-2-1-3-5-7/h1-5,10-11,24-25H,6H2. The highest BCUT2D eigenvalue weighted by Crippen LogP contribution is 2.79. The highest BCUT2D eigenvalue weighted by atomic mass is 35.5.